The Balaban J connectivity index is 1.31. The van der Waals surface area contributed by atoms with Crippen molar-refractivity contribution in [3.63, 3.8) is 0 Å². The average molecular weight is 472 g/mol. The second-order valence-corrected chi connectivity index (χ2v) is 8.73. The normalized spacial score (nSPS) is 10.9. The number of carbonyl (C=O) groups is 1. The first-order valence-electron chi connectivity index (χ1n) is 12.1. The number of hydrogen-bond donors (Lipinski definition) is 1. The van der Waals surface area contributed by atoms with Crippen LogP contribution in [0, 0.1) is 6.92 Å². The summed E-state index contributed by atoms with van der Waals surface area (Å²) in [5.41, 5.74) is 5.33. The summed E-state index contributed by atoms with van der Waals surface area (Å²) in [6, 6.07) is 22.2. The largest absolute Gasteiger partial charge is 0.493 e. The number of hydrogen-bond acceptors (Lipinski definition) is 4. The zero-order chi connectivity index (χ0) is 24.6. The second kappa shape index (κ2) is 11.6. The Morgan fingerprint density at radius 2 is 1.74 bits per heavy atom. The van der Waals surface area contributed by atoms with Gasteiger partial charge in [0, 0.05) is 25.1 Å². The van der Waals surface area contributed by atoms with E-state index in [1.807, 2.05) is 6.07 Å². The fourth-order valence-corrected chi connectivity index (χ4v) is 4.35. The number of imidazole rings is 1. The molecule has 0 atom stereocenters. The summed E-state index contributed by atoms with van der Waals surface area (Å²) < 4.78 is 12.9. The van der Waals surface area contributed by atoms with Crippen molar-refractivity contribution < 1.29 is 14.3 Å². The van der Waals surface area contributed by atoms with E-state index < -0.39 is 0 Å². The van der Waals surface area contributed by atoms with Gasteiger partial charge in [0.05, 0.1) is 25.3 Å². The highest BCUT2D eigenvalue weighted by Gasteiger charge is 2.12. The highest BCUT2D eigenvalue weighted by molar-refractivity contribution is 5.94. The Kier molecular flexibility index (Phi) is 8.03. The van der Waals surface area contributed by atoms with Gasteiger partial charge in [0.1, 0.15) is 5.82 Å². The smallest absolute Gasteiger partial charge is 0.251 e. The second-order valence-electron chi connectivity index (χ2n) is 8.73. The molecule has 0 saturated carbocycles. The van der Waals surface area contributed by atoms with Crippen LogP contribution in [0.25, 0.3) is 11.0 Å². The molecule has 1 amide bonds. The number of amides is 1. The van der Waals surface area contributed by atoms with E-state index in [1.165, 1.54) is 16.6 Å². The van der Waals surface area contributed by atoms with E-state index in [0.29, 0.717) is 23.6 Å². The predicted octanol–water partition coefficient (Wildman–Crippen LogP) is 5.55. The number of nitrogens with one attached hydrogen (secondary N) is 1. The molecule has 1 N–H and O–H groups in total. The van der Waals surface area contributed by atoms with Gasteiger partial charge in [0.25, 0.3) is 5.91 Å². The van der Waals surface area contributed by atoms with E-state index in [-0.39, 0.29) is 5.91 Å². The molecule has 1 heterocycles. The third-order valence-electron chi connectivity index (χ3n) is 6.17. The minimum Gasteiger partial charge on any atom is -0.493 e. The van der Waals surface area contributed by atoms with Crippen LogP contribution in [0.3, 0.4) is 0 Å². The Bertz CT molecular complexity index is 1300. The predicted molar refractivity (Wildman–Crippen MR) is 139 cm³/mol. The van der Waals surface area contributed by atoms with Gasteiger partial charge in [-0.3, -0.25) is 4.79 Å². The summed E-state index contributed by atoms with van der Waals surface area (Å²) >= 11 is 0. The maximum Gasteiger partial charge on any atom is 0.251 e. The summed E-state index contributed by atoms with van der Waals surface area (Å²) in [7, 11) is 3.14. The number of carbonyl (C=O) groups excluding carboxylic acids is 1. The van der Waals surface area contributed by atoms with E-state index in [9.17, 15) is 4.79 Å². The van der Waals surface area contributed by atoms with Crippen LogP contribution in [-0.2, 0) is 13.0 Å². The average Bonchev–Trinajstić information content (AvgIpc) is 3.22. The molecule has 0 aliphatic carbocycles. The Morgan fingerprint density at radius 3 is 2.54 bits per heavy atom. The minimum atomic E-state index is -0.106. The van der Waals surface area contributed by atoms with Gasteiger partial charge in [0.15, 0.2) is 11.5 Å². The lowest BCUT2D eigenvalue weighted by Crippen LogP contribution is -2.24. The SMILES string of the molecule is COc1ccc(C(=O)NCCCCCc2nc3ccccc3n2Cc2cccc(C)c2)cc1OC. The lowest BCUT2D eigenvalue weighted by atomic mass is 10.1. The van der Waals surface area contributed by atoms with E-state index in [1.54, 1.807) is 32.4 Å². The lowest BCUT2D eigenvalue weighted by molar-refractivity contribution is 0.0952. The monoisotopic (exact) mass is 471 g/mol. The van der Waals surface area contributed by atoms with Gasteiger partial charge < -0.3 is 19.4 Å². The molecule has 0 spiro atoms. The molecule has 0 aliphatic heterocycles. The van der Waals surface area contributed by atoms with Gasteiger partial charge in [-0.2, -0.15) is 0 Å². The van der Waals surface area contributed by atoms with E-state index >= 15 is 0 Å². The molecule has 0 bridgehead atoms. The molecule has 35 heavy (non-hydrogen) atoms. The first-order chi connectivity index (χ1) is 17.1. The summed E-state index contributed by atoms with van der Waals surface area (Å²) in [4.78, 5) is 17.4. The quantitative estimate of drug-likeness (QED) is 0.291. The molecule has 1 aromatic heterocycles. The fraction of sp³-hybridized carbons (Fsp3) is 0.310. The first kappa shape index (κ1) is 24.3. The number of methoxy groups -OCH3 is 2. The van der Waals surface area contributed by atoms with Gasteiger partial charge in [-0.25, -0.2) is 4.98 Å². The van der Waals surface area contributed by atoms with Crippen molar-refractivity contribution in [2.45, 2.75) is 39.2 Å². The lowest BCUT2D eigenvalue weighted by Gasteiger charge is -2.11. The molecule has 4 aromatic rings. The molecular formula is C29H33N3O3. The van der Waals surface area contributed by atoms with E-state index in [2.05, 4.69) is 59.3 Å². The van der Waals surface area contributed by atoms with E-state index in [0.717, 1.165) is 43.6 Å². The number of aromatic nitrogens is 2. The number of unbranched alkanes of at least 4 members (excludes halogenated alkanes) is 2. The molecule has 182 valence electrons. The zero-order valence-corrected chi connectivity index (χ0v) is 20.7. The molecule has 4 rings (SSSR count). The Morgan fingerprint density at radius 1 is 0.914 bits per heavy atom. The standard InChI is InChI=1S/C29H33N3O3/c1-21-10-9-11-22(18-21)20-32-25-13-7-6-12-24(25)31-28(32)14-5-4-8-17-30-29(33)23-15-16-26(34-2)27(19-23)35-3/h6-7,9-13,15-16,18-19H,4-5,8,14,17,20H2,1-3H3,(H,30,33). The molecular weight excluding hydrogens is 438 g/mol. The van der Waals surface area contributed by atoms with Crippen LogP contribution < -0.4 is 14.8 Å². The van der Waals surface area contributed by atoms with Gasteiger partial charge >= 0.3 is 0 Å². The topological polar surface area (TPSA) is 65.4 Å². The van der Waals surface area contributed by atoms with Crippen molar-refractivity contribution in [3.8, 4) is 11.5 Å². The third kappa shape index (κ3) is 6.01. The number of aryl methyl sites for hydroxylation is 2. The number of nitrogens with zero attached hydrogens (tertiary/aromatic N) is 2. The maximum atomic E-state index is 12.5. The van der Waals surface area contributed by atoms with Crippen LogP contribution in [0.2, 0.25) is 0 Å². The number of para-hydroxylation sites is 2. The third-order valence-corrected chi connectivity index (χ3v) is 6.17. The molecule has 0 saturated heterocycles. The van der Waals surface area contributed by atoms with Crippen LogP contribution in [0.5, 0.6) is 11.5 Å². The highest BCUT2D eigenvalue weighted by atomic mass is 16.5. The van der Waals surface area contributed by atoms with Crippen LogP contribution >= 0.6 is 0 Å². The molecule has 0 unspecified atom stereocenters. The molecule has 3 aromatic carbocycles. The minimum absolute atomic E-state index is 0.106. The van der Waals surface area contributed by atoms with Crippen molar-refractivity contribution in [1.29, 1.82) is 0 Å². The first-order valence-corrected chi connectivity index (χ1v) is 12.1. The molecule has 6 nitrogen and oxygen atoms in total. The summed E-state index contributed by atoms with van der Waals surface area (Å²) in [5, 5.41) is 3.00. The van der Waals surface area contributed by atoms with Crippen molar-refractivity contribution in [2.24, 2.45) is 0 Å². The van der Waals surface area contributed by atoms with Crippen LogP contribution in [0.4, 0.5) is 0 Å². The van der Waals surface area contributed by atoms with Gasteiger partial charge in [0.2, 0.25) is 0 Å². The van der Waals surface area contributed by atoms with Crippen LogP contribution in [0.1, 0.15) is 46.6 Å². The summed E-state index contributed by atoms with van der Waals surface area (Å²) in [6.45, 7) is 3.58. The zero-order valence-electron chi connectivity index (χ0n) is 20.7. The van der Waals surface area contributed by atoms with Gasteiger partial charge in [-0.05, 0) is 55.7 Å². The molecule has 6 heteroatoms. The Hall–Kier alpha value is -3.80. The number of rotatable bonds is 11. The number of ether oxygens (including phenoxy) is 2. The van der Waals surface area contributed by atoms with Crippen molar-refractivity contribution in [3.05, 3.63) is 89.2 Å². The van der Waals surface area contributed by atoms with Crippen molar-refractivity contribution in [2.75, 3.05) is 20.8 Å². The van der Waals surface area contributed by atoms with Crippen molar-refractivity contribution in [1.82, 2.24) is 14.9 Å². The summed E-state index contributed by atoms with van der Waals surface area (Å²) in [5.74, 6) is 2.17. The summed E-state index contributed by atoms with van der Waals surface area (Å²) in [6.07, 6.45) is 3.85. The molecule has 0 radical (unpaired) electrons. The Labute approximate surface area is 206 Å². The van der Waals surface area contributed by atoms with Crippen molar-refractivity contribution >= 4 is 16.9 Å². The molecule has 0 aliphatic rings. The molecule has 0 fully saturated rings. The van der Waals surface area contributed by atoms with Gasteiger partial charge in [-0.15, -0.1) is 0 Å². The van der Waals surface area contributed by atoms with Crippen LogP contribution in [0.15, 0.2) is 66.7 Å². The maximum absolute atomic E-state index is 12.5. The highest BCUT2D eigenvalue weighted by Crippen LogP contribution is 2.27. The number of benzene rings is 3. The van der Waals surface area contributed by atoms with E-state index in [4.69, 9.17) is 14.5 Å². The van der Waals surface area contributed by atoms with Crippen LogP contribution in [-0.4, -0.2) is 36.2 Å². The fourth-order valence-electron chi connectivity index (χ4n) is 4.35. The van der Waals surface area contributed by atoms with Gasteiger partial charge in [-0.1, -0.05) is 48.4 Å². The number of fused-ring (bicyclic) bond motifs is 1.